The second-order valence-corrected chi connectivity index (χ2v) is 4.59. The number of hydrogen-bond acceptors (Lipinski definition) is 6. The van der Waals surface area contributed by atoms with E-state index < -0.39 is 11.7 Å². The zero-order valence-corrected chi connectivity index (χ0v) is 12.7. The number of carbonyl (C=O) groups excluding carboxylic acids is 3. The van der Waals surface area contributed by atoms with Gasteiger partial charge in [0.1, 0.15) is 6.61 Å². The largest absolute Gasteiger partial charge is 0.377 e. The molecule has 22 heavy (non-hydrogen) atoms. The summed E-state index contributed by atoms with van der Waals surface area (Å²) in [6, 6.07) is -0.624. The highest BCUT2D eigenvalue weighted by Crippen LogP contribution is 1.98. The summed E-state index contributed by atoms with van der Waals surface area (Å²) in [6.07, 6.45) is 2.55. The van der Waals surface area contributed by atoms with E-state index in [9.17, 15) is 14.4 Å². The number of unbranched alkanes of at least 4 members (excludes halogenated alkanes) is 1. The summed E-state index contributed by atoms with van der Waals surface area (Å²) in [7, 11) is 5.03. The molecule has 0 fully saturated rings. The first-order valence-corrected chi connectivity index (χ1v) is 7.22. The molecule has 0 saturated heterocycles. The molecule has 0 saturated carbocycles. The third-order valence-electron chi connectivity index (χ3n) is 2.71. The molecular formula is C13H24BN3O5. The number of nitrogens with one attached hydrogen (secondary N) is 2. The highest BCUT2D eigenvalue weighted by molar-refractivity contribution is 6.59. The normalized spacial score (nSPS) is 11.7. The SMILES string of the molecule is [B]C(=O)[C@@H](N)CCCCNC(=O)COCCOCCNC=O. The van der Waals surface area contributed by atoms with Gasteiger partial charge in [-0.15, -0.1) is 0 Å². The fourth-order valence-corrected chi connectivity index (χ4v) is 1.49. The Bertz CT molecular complexity index is 331. The Labute approximate surface area is 131 Å². The van der Waals surface area contributed by atoms with Gasteiger partial charge in [0.15, 0.2) is 7.85 Å². The fourth-order valence-electron chi connectivity index (χ4n) is 1.49. The van der Waals surface area contributed by atoms with Crippen molar-refractivity contribution in [1.82, 2.24) is 10.6 Å². The van der Waals surface area contributed by atoms with E-state index in [1.807, 2.05) is 0 Å². The number of nitrogens with two attached hydrogens (primary N) is 1. The van der Waals surface area contributed by atoms with Crippen LogP contribution >= 0.6 is 0 Å². The van der Waals surface area contributed by atoms with E-state index in [0.717, 1.165) is 6.42 Å². The van der Waals surface area contributed by atoms with Gasteiger partial charge in [-0.05, 0) is 19.3 Å². The lowest BCUT2D eigenvalue weighted by molar-refractivity contribution is -0.126. The molecule has 0 aromatic heterocycles. The molecule has 0 unspecified atom stereocenters. The maximum absolute atomic E-state index is 11.4. The van der Waals surface area contributed by atoms with Gasteiger partial charge in [-0.3, -0.25) is 9.59 Å². The summed E-state index contributed by atoms with van der Waals surface area (Å²) in [5, 5.41) is 5.15. The number of amides is 2. The molecule has 0 heterocycles. The van der Waals surface area contributed by atoms with Gasteiger partial charge in [-0.2, -0.15) is 0 Å². The first-order valence-electron chi connectivity index (χ1n) is 7.22. The van der Waals surface area contributed by atoms with Crippen molar-refractivity contribution >= 4 is 25.8 Å². The molecule has 124 valence electrons. The van der Waals surface area contributed by atoms with Gasteiger partial charge in [-0.25, -0.2) is 0 Å². The zero-order valence-electron chi connectivity index (χ0n) is 12.7. The number of hydrogen-bond donors (Lipinski definition) is 3. The molecule has 2 amide bonds. The van der Waals surface area contributed by atoms with E-state index in [4.69, 9.17) is 23.1 Å². The predicted octanol–water partition coefficient (Wildman–Crippen LogP) is -1.93. The van der Waals surface area contributed by atoms with Gasteiger partial charge in [-0.1, -0.05) is 0 Å². The predicted molar refractivity (Wildman–Crippen MR) is 81.3 cm³/mol. The summed E-state index contributed by atoms with van der Waals surface area (Å²) in [6.45, 7) is 1.99. The zero-order chi connectivity index (χ0) is 16.6. The average Bonchev–Trinajstić information content (AvgIpc) is 2.49. The van der Waals surface area contributed by atoms with E-state index >= 15 is 0 Å². The Hall–Kier alpha value is -1.45. The molecule has 0 aliphatic heterocycles. The molecule has 9 heteroatoms. The van der Waals surface area contributed by atoms with Crippen molar-refractivity contribution in [3.8, 4) is 0 Å². The van der Waals surface area contributed by atoms with E-state index in [1.54, 1.807) is 0 Å². The highest BCUT2D eigenvalue weighted by Gasteiger charge is 2.06. The average molecular weight is 313 g/mol. The van der Waals surface area contributed by atoms with Crippen LogP contribution in [0, 0.1) is 0 Å². The van der Waals surface area contributed by atoms with Gasteiger partial charge in [0.25, 0.3) is 0 Å². The van der Waals surface area contributed by atoms with Crippen molar-refractivity contribution in [2.75, 3.05) is 39.5 Å². The maximum atomic E-state index is 11.4. The lowest BCUT2D eigenvalue weighted by Crippen LogP contribution is -2.31. The standard InChI is InChI=1S/C13H24BN3O5/c14-13(20)11(15)3-1-2-4-17-12(19)9-22-8-7-21-6-5-16-10-18/h10-11H,1-9,15H2,(H,16,18)(H,17,19)/t11-/m0/s1. The molecule has 8 nitrogen and oxygen atoms in total. The Balaban J connectivity index is 3.29. The molecule has 0 aromatic rings. The van der Waals surface area contributed by atoms with Crippen LogP contribution in [0.25, 0.3) is 0 Å². The molecule has 4 N–H and O–H groups in total. The van der Waals surface area contributed by atoms with Gasteiger partial charge in [0, 0.05) is 13.1 Å². The van der Waals surface area contributed by atoms with Crippen LogP contribution in [0.4, 0.5) is 0 Å². The summed E-state index contributed by atoms with van der Waals surface area (Å²) in [5.74, 6) is -0.207. The summed E-state index contributed by atoms with van der Waals surface area (Å²) in [4.78, 5) is 32.0. The van der Waals surface area contributed by atoms with Crippen molar-refractivity contribution in [2.24, 2.45) is 5.73 Å². The Morgan fingerprint density at radius 3 is 2.55 bits per heavy atom. The van der Waals surface area contributed by atoms with Gasteiger partial charge in [0.05, 0.1) is 31.5 Å². The first kappa shape index (κ1) is 20.6. The van der Waals surface area contributed by atoms with E-state index in [2.05, 4.69) is 10.6 Å². The van der Waals surface area contributed by atoms with Crippen LogP contribution in [-0.4, -0.2) is 71.4 Å². The topological polar surface area (TPSA) is 120 Å². The molecular weight excluding hydrogens is 289 g/mol. The van der Waals surface area contributed by atoms with Crippen molar-refractivity contribution in [3.05, 3.63) is 0 Å². The summed E-state index contributed by atoms with van der Waals surface area (Å²) >= 11 is 0. The van der Waals surface area contributed by atoms with Crippen LogP contribution in [0.5, 0.6) is 0 Å². The van der Waals surface area contributed by atoms with Gasteiger partial charge < -0.3 is 30.6 Å². The quantitative estimate of drug-likeness (QED) is 0.184. The second-order valence-electron chi connectivity index (χ2n) is 4.59. The van der Waals surface area contributed by atoms with Crippen LogP contribution in [-0.2, 0) is 23.9 Å². The number of carbonyl (C=O) groups is 3. The van der Waals surface area contributed by atoms with E-state index in [1.165, 1.54) is 0 Å². The highest BCUT2D eigenvalue weighted by atomic mass is 16.5. The van der Waals surface area contributed by atoms with Crippen molar-refractivity contribution in [1.29, 1.82) is 0 Å². The summed E-state index contributed by atoms with van der Waals surface area (Å²) < 4.78 is 10.3. The lowest BCUT2D eigenvalue weighted by atomic mass is 9.92. The third-order valence-corrected chi connectivity index (χ3v) is 2.71. The van der Waals surface area contributed by atoms with Gasteiger partial charge >= 0.3 is 0 Å². The Morgan fingerprint density at radius 2 is 1.86 bits per heavy atom. The third kappa shape index (κ3) is 13.5. The molecule has 0 aromatic carbocycles. The molecule has 0 rings (SSSR count). The molecule has 0 aliphatic rings. The van der Waals surface area contributed by atoms with E-state index in [-0.39, 0.29) is 12.5 Å². The van der Waals surface area contributed by atoms with Crippen LogP contribution < -0.4 is 16.4 Å². The van der Waals surface area contributed by atoms with Crippen LogP contribution in [0.2, 0.25) is 0 Å². The molecule has 2 radical (unpaired) electrons. The van der Waals surface area contributed by atoms with E-state index in [0.29, 0.717) is 52.2 Å². The minimum absolute atomic E-state index is 0.0310. The van der Waals surface area contributed by atoms with Crippen LogP contribution in [0.1, 0.15) is 19.3 Å². The minimum atomic E-state index is -0.624. The van der Waals surface area contributed by atoms with Crippen molar-refractivity contribution < 1.29 is 23.9 Å². The van der Waals surface area contributed by atoms with Gasteiger partial charge in [0.2, 0.25) is 12.3 Å². The molecule has 0 bridgehead atoms. The Morgan fingerprint density at radius 1 is 1.14 bits per heavy atom. The second kappa shape index (κ2) is 14.5. The van der Waals surface area contributed by atoms with Crippen molar-refractivity contribution in [2.45, 2.75) is 25.3 Å². The first-order chi connectivity index (χ1) is 10.6. The van der Waals surface area contributed by atoms with Crippen molar-refractivity contribution in [3.63, 3.8) is 0 Å². The molecule has 1 atom stereocenters. The fraction of sp³-hybridized carbons (Fsp3) is 0.769. The maximum Gasteiger partial charge on any atom is 0.245 e. The Kier molecular flexibility index (Phi) is 13.5. The summed E-state index contributed by atoms with van der Waals surface area (Å²) in [5.41, 5.74) is 4.96. The monoisotopic (exact) mass is 313 g/mol. The van der Waals surface area contributed by atoms with Crippen LogP contribution in [0.15, 0.2) is 0 Å². The van der Waals surface area contributed by atoms with Crippen LogP contribution in [0.3, 0.4) is 0 Å². The molecule has 0 spiro atoms. The minimum Gasteiger partial charge on any atom is -0.377 e. The number of ether oxygens (including phenoxy) is 2. The lowest BCUT2D eigenvalue weighted by Gasteiger charge is -2.09. The number of rotatable bonds is 15. The smallest absolute Gasteiger partial charge is 0.245 e. The molecule has 0 aliphatic carbocycles.